The maximum Gasteiger partial charge on any atom is 0.325 e. The van der Waals surface area contributed by atoms with Crippen LogP contribution in [0.25, 0.3) is 22.2 Å². The Bertz CT molecular complexity index is 1070. The lowest BCUT2D eigenvalue weighted by Gasteiger charge is -2.06. The maximum absolute atomic E-state index is 11.8. The number of hydrogen-bond donors (Lipinski definition) is 1. The van der Waals surface area contributed by atoms with Gasteiger partial charge in [-0.1, -0.05) is 35.7 Å². The van der Waals surface area contributed by atoms with E-state index in [0.717, 1.165) is 11.1 Å². The molecule has 0 saturated carbocycles. The predicted octanol–water partition coefficient (Wildman–Crippen LogP) is 3.05. The zero-order valence-electron chi connectivity index (χ0n) is 15.2. The molecule has 1 N–H and O–H groups in total. The first-order chi connectivity index (χ1) is 12.8. The summed E-state index contributed by atoms with van der Waals surface area (Å²) in [7, 11) is 1.33. The van der Waals surface area contributed by atoms with Crippen molar-refractivity contribution < 1.29 is 14.6 Å². The summed E-state index contributed by atoms with van der Waals surface area (Å²) in [6.45, 7) is 3.18. The van der Waals surface area contributed by atoms with E-state index < -0.39 is 11.6 Å². The monoisotopic (exact) mass is 383 g/mol. The first-order valence-corrected chi connectivity index (χ1v) is 8.59. The third kappa shape index (κ3) is 4.11. The highest BCUT2D eigenvalue weighted by atomic mass is 35.5. The Hall–Kier alpha value is -2.88. The summed E-state index contributed by atoms with van der Waals surface area (Å²) in [6, 6.07) is 7.37. The van der Waals surface area contributed by atoms with Gasteiger partial charge in [0, 0.05) is 22.3 Å². The Kier molecular flexibility index (Phi) is 5.17. The molecule has 2 heterocycles. The van der Waals surface area contributed by atoms with Gasteiger partial charge in [0.25, 0.3) is 0 Å². The third-order valence-corrected chi connectivity index (χ3v) is 4.16. The van der Waals surface area contributed by atoms with Gasteiger partial charge in [-0.25, -0.2) is 9.97 Å². The van der Waals surface area contributed by atoms with Gasteiger partial charge in [0.15, 0.2) is 0 Å². The smallest absolute Gasteiger partial charge is 0.325 e. The molecule has 6 nitrogen and oxygen atoms in total. The molecule has 0 aliphatic rings. The van der Waals surface area contributed by atoms with Crippen LogP contribution in [0.3, 0.4) is 0 Å². The number of benzene rings is 1. The molecule has 27 heavy (non-hydrogen) atoms. The molecule has 0 bridgehead atoms. The minimum Gasteiger partial charge on any atom is -0.468 e. The minimum atomic E-state index is -1.17. The molecule has 1 aromatic carbocycles. The first kappa shape index (κ1) is 18.9. The highest BCUT2D eigenvalue weighted by Gasteiger charge is 2.19. The van der Waals surface area contributed by atoms with Crippen LogP contribution in [0.5, 0.6) is 0 Å². The summed E-state index contributed by atoms with van der Waals surface area (Å²) in [5.41, 5.74) is 1.33. The van der Waals surface area contributed by atoms with Gasteiger partial charge in [0.2, 0.25) is 0 Å². The number of ether oxygens (including phenoxy) is 1. The fourth-order valence-corrected chi connectivity index (χ4v) is 2.88. The average Bonchev–Trinajstić information content (AvgIpc) is 2.98. The Morgan fingerprint density at radius 1 is 1.30 bits per heavy atom. The molecule has 2 aromatic heterocycles. The SMILES string of the molecule is COC(=O)Cn1cc(-c2ccccc2Cl)c2c(C#CC(C)(C)O)ncnc21. The van der Waals surface area contributed by atoms with Crippen molar-refractivity contribution in [1.29, 1.82) is 0 Å². The molecule has 3 rings (SSSR count). The average molecular weight is 384 g/mol. The Balaban J connectivity index is 2.31. The van der Waals surface area contributed by atoms with Gasteiger partial charge < -0.3 is 14.4 Å². The molecule has 0 fully saturated rings. The number of esters is 1. The lowest BCUT2D eigenvalue weighted by atomic mass is 10.0. The van der Waals surface area contributed by atoms with E-state index >= 15 is 0 Å². The zero-order chi connectivity index (χ0) is 19.6. The highest BCUT2D eigenvalue weighted by Crippen LogP contribution is 2.35. The third-order valence-electron chi connectivity index (χ3n) is 3.83. The molecule has 0 saturated heterocycles. The molecular formula is C20H18ClN3O3. The van der Waals surface area contributed by atoms with Crippen LogP contribution in [-0.2, 0) is 16.1 Å². The van der Waals surface area contributed by atoms with Crippen molar-refractivity contribution in [2.75, 3.05) is 7.11 Å². The van der Waals surface area contributed by atoms with E-state index in [9.17, 15) is 9.90 Å². The number of carbonyl (C=O) groups is 1. The van der Waals surface area contributed by atoms with Crippen molar-refractivity contribution in [1.82, 2.24) is 14.5 Å². The minimum absolute atomic E-state index is 0.00712. The van der Waals surface area contributed by atoms with Crippen molar-refractivity contribution in [2.24, 2.45) is 0 Å². The van der Waals surface area contributed by atoms with Crippen molar-refractivity contribution in [3.05, 3.63) is 47.5 Å². The standard InChI is InChI=1S/C20H18ClN3O3/c1-20(2,26)9-8-16-18-14(13-6-4-5-7-15(13)21)10-24(11-17(25)27-3)19(18)23-12-22-16/h4-7,10,12,26H,11H2,1-3H3. The first-order valence-electron chi connectivity index (χ1n) is 8.21. The van der Waals surface area contributed by atoms with E-state index in [4.69, 9.17) is 16.3 Å². The van der Waals surface area contributed by atoms with E-state index in [1.54, 1.807) is 30.7 Å². The van der Waals surface area contributed by atoms with Crippen LogP contribution in [0.4, 0.5) is 0 Å². The van der Waals surface area contributed by atoms with Crippen LogP contribution in [0.1, 0.15) is 19.5 Å². The van der Waals surface area contributed by atoms with Gasteiger partial charge in [0.05, 0.1) is 12.5 Å². The normalized spacial score (nSPS) is 11.1. The van der Waals surface area contributed by atoms with Crippen molar-refractivity contribution in [3.63, 3.8) is 0 Å². The maximum atomic E-state index is 11.8. The molecule has 0 radical (unpaired) electrons. The molecule has 0 aliphatic heterocycles. The van der Waals surface area contributed by atoms with Crippen molar-refractivity contribution in [3.8, 4) is 23.0 Å². The van der Waals surface area contributed by atoms with Gasteiger partial charge in [-0.15, -0.1) is 0 Å². The summed E-state index contributed by atoms with van der Waals surface area (Å²) in [6.07, 6.45) is 3.16. The molecule has 7 heteroatoms. The molecule has 138 valence electrons. The molecule has 0 aliphatic carbocycles. The van der Waals surface area contributed by atoms with Crippen LogP contribution in [0, 0.1) is 11.8 Å². The van der Waals surface area contributed by atoms with E-state index in [1.165, 1.54) is 13.4 Å². The number of carbonyl (C=O) groups excluding carboxylic acids is 1. The predicted molar refractivity (Wildman–Crippen MR) is 103 cm³/mol. The molecule has 0 atom stereocenters. The fraction of sp³-hybridized carbons (Fsp3) is 0.250. The molecule has 0 spiro atoms. The number of nitrogens with zero attached hydrogens (tertiary/aromatic N) is 3. The largest absolute Gasteiger partial charge is 0.468 e. The van der Waals surface area contributed by atoms with Gasteiger partial charge >= 0.3 is 5.97 Å². The topological polar surface area (TPSA) is 77.2 Å². The number of rotatable bonds is 3. The van der Waals surface area contributed by atoms with Crippen molar-refractivity contribution >= 4 is 28.6 Å². The van der Waals surface area contributed by atoms with Crippen LogP contribution in [0.2, 0.25) is 5.02 Å². The van der Waals surface area contributed by atoms with Crippen LogP contribution >= 0.6 is 11.6 Å². The van der Waals surface area contributed by atoms with E-state index in [2.05, 4.69) is 21.8 Å². The summed E-state index contributed by atoms with van der Waals surface area (Å²) in [5, 5.41) is 11.1. The number of aromatic nitrogens is 3. The van der Waals surface area contributed by atoms with E-state index in [-0.39, 0.29) is 6.54 Å². The number of methoxy groups -OCH3 is 1. The zero-order valence-corrected chi connectivity index (χ0v) is 15.9. The van der Waals surface area contributed by atoms with Gasteiger partial charge in [-0.05, 0) is 25.8 Å². The summed E-state index contributed by atoms with van der Waals surface area (Å²) in [5.74, 6) is 5.28. The summed E-state index contributed by atoms with van der Waals surface area (Å²) < 4.78 is 6.45. The van der Waals surface area contributed by atoms with Gasteiger partial charge in [0.1, 0.15) is 29.8 Å². The molecular weight excluding hydrogens is 366 g/mol. The van der Waals surface area contributed by atoms with Crippen LogP contribution in [-0.4, -0.2) is 38.3 Å². The molecule has 3 aromatic rings. The highest BCUT2D eigenvalue weighted by molar-refractivity contribution is 6.33. The molecule has 0 amide bonds. The number of halogens is 1. The van der Waals surface area contributed by atoms with E-state index in [1.807, 2.05) is 18.2 Å². The van der Waals surface area contributed by atoms with Crippen LogP contribution < -0.4 is 0 Å². The van der Waals surface area contributed by atoms with Gasteiger partial charge in [-0.3, -0.25) is 4.79 Å². The second-order valence-electron chi connectivity index (χ2n) is 6.46. The fourth-order valence-electron chi connectivity index (χ4n) is 2.64. The van der Waals surface area contributed by atoms with Crippen molar-refractivity contribution in [2.45, 2.75) is 26.0 Å². The lowest BCUT2D eigenvalue weighted by Crippen LogP contribution is -2.14. The van der Waals surface area contributed by atoms with Gasteiger partial charge in [-0.2, -0.15) is 0 Å². The van der Waals surface area contributed by atoms with E-state index in [0.29, 0.717) is 21.7 Å². The van der Waals surface area contributed by atoms with Crippen LogP contribution in [0.15, 0.2) is 36.8 Å². The number of aliphatic hydroxyl groups is 1. The summed E-state index contributed by atoms with van der Waals surface area (Å²) in [4.78, 5) is 20.4. The Morgan fingerprint density at radius 3 is 2.70 bits per heavy atom. The Morgan fingerprint density at radius 2 is 2.04 bits per heavy atom. The second-order valence-corrected chi connectivity index (χ2v) is 6.86. The number of fused-ring (bicyclic) bond motifs is 1. The lowest BCUT2D eigenvalue weighted by molar-refractivity contribution is -0.141. The number of hydrogen-bond acceptors (Lipinski definition) is 5. The Labute approximate surface area is 161 Å². The molecule has 0 unspecified atom stereocenters. The second kappa shape index (κ2) is 7.39. The quantitative estimate of drug-likeness (QED) is 0.555. The summed E-state index contributed by atoms with van der Waals surface area (Å²) >= 11 is 6.39.